The fourth-order valence-corrected chi connectivity index (χ4v) is 1.18. The number of carboxylic acids is 3. The second-order valence-electron chi connectivity index (χ2n) is 3.24. The van der Waals surface area contributed by atoms with Crippen LogP contribution in [-0.2, 0) is 4.79 Å². The lowest BCUT2D eigenvalue weighted by Crippen LogP contribution is -2.04. The van der Waals surface area contributed by atoms with Crippen molar-refractivity contribution in [2.75, 3.05) is 0 Å². The first-order valence-electron chi connectivity index (χ1n) is 4.73. The number of aliphatic carboxylic acids is 1. The molecule has 0 radical (unpaired) electrons. The lowest BCUT2D eigenvalue weighted by molar-refractivity contribution is -0.135. The molecule has 1 aromatic rings. The fraction of sp³-hybridized carbons (Fsp3) is 0.0833. The Balaban J connectivity index is 3.22. The van der Waals surface area contributed by atoms with E-state index in [-0.39, 0.29) is 16.7 Å². The average molecular weight is 248 g/mol. The van der Waals surface area contributed by atoms with Gasteiger partial charge in [0.15, 0.2) is 0 Å². The Morgan fingerprint density at radius 1 is 1.06 bits per heavy atom. The van der Waals surface area contributed by atoms with E-state index >= 15 is 0 Å². The molecule has 0 saturated heterocycles. The van der Waals surface area contributed by atoms with E-state index < -0.39 is 24.3 Å². The molecule has 92 valence electrons. The van der Waals surface area contributed by atoms with Crippen LogP contribution < -0.4 is 0 Å². The molecule has 1 rings (SSSR count). The summed E-state index contributed by atoms with van der Waals surface area (Å²) in [5, 5.41) is 26.0. The second kappa shape index (κ2) is 5.50. The van der Waals surface area contributed by atoms with Crippen LogP contribution in [0.3, 0.4) is 0 Å². The van der Waals surface area contributed by atoms with E-state index in [0.717, 1.165) is 18.2 Å². The predicted octanol–water partition coefficient (Wildman–Crippen LogP) is 0.909. The number of rotatable bonds is 3. The van der Waals surface area contributed by atoms with Gasteiger partial charge in [-0.3, -0.25) is 4.79 Å². The number of aromatic carboxylic acids is 2. The molecule has 0 fully saturated rings. The van der Waals surface area contributed by atoms with E-state index in [0.29, 0.717) is 0 Å². The summed E-state index contributed by atoms with van der Waals surface area (Å²) in [5.74, 6) is 0.986. The Labute approximate surface area is 101 Å². The highest BCUT2D eigenvalue weighted by atomic mass is 16.4. The lowest BCUT2D eigenvalue weighted by atomic mass is 10.0. The standard InChI is InChI=1S/C12H8O6/c13-10(14)3-1-2-7-6-8(11(15)16)4-5-9(7)12(17)18/h4-6H,3H2,(H,13,14)(H,15,16)(H,17,18). The van der Waals surface area contributed by atoms with Gasteiger partial charge in [0.05, 0.1) is 11.1 Å². The summed E-state index contributed by atoms with van der Waals surface area (Å²) in [5.41, 5.74) is -0.304. The van der Waals surface area contributed by atoms with Crippen LogP contribution in [0.15, 0.2) is 18.2 Å². The van der Waals surface area contributed by atoms with E-state index in [1.54, 1.807) is 0 Å². The van der Waals surface area contributed by atoms with Gasteiger partial charge >= 0.3 is 17.9 Å². The van der Waals surface area contributed by atoms with Crippen molar-refractivity contribution in [2.24, 2.45) is 0 Å². The minimum Gasteiger partial charge on any atom is -0.481 e. The van der Waals surface area contributed by atoms with Gasteiger partial charge in [-0.05, 0) is 18.2 Å². The van der Waals surface area contributed by atoms with E-state index in [1.807, 2.05) is 0 Å². The molecule has 6 heteroatoms. The van der Waals surface area contributed by atoms with Crippen molar-refractivity contribution in [1.82, 2.24) is 0 Å². The summed E-state index contributed by atoms with van der Waals surface area (Å²) in [6.07, 6.45) is -0.448. The van der Waals surface area contributed by atoms with Crippen molar-refractivity contribution in [2.45, 2.75) is 6.42 Å². The van der Waals surface area contributed by atoms with Gasteiger partial charge in [0.25, 0.3) is 0 Å². The SMILES string of the molecule is O=C(O)CC#Cc1cc(C(=O)O)ccc1C(=O)O. The van der Waals surface area contributed by atoms with Crippen molar-refractivity contribution in [3.63, 3.8) is 0 Å². The van der Waals surface area contributed by atoms with Crippen LogP contribution in [-0.4, -0.2) is 33.2 Å². The number of hydrogen-bond acceptors (Lipinski definition) is 3. The third kappa shape index (κ3) is 3.35. The first-order chi connectivity index (χ1) is 8.41. The lowest BCUT2D eigenvalue weighted by Gasteiger charge is -2.00. The summed E-state index contributed by atoms with van der Waals surface area (Å²) >= 11 is 0. The molecule has 6 nitrogen and oxygen atoms in total. The third-order valence-corrected chi connectivity index (χ3v) is 1.96. The largest absolute Gasteiger partial charge is 0.481 e. The molecule has 0 bridgehead atoms. The molecule has 0 aliphatic rings. The summed E-state index contributed by atoms with van der Waals surface area (Å²) in [7, 11) is 0. The Kier molecular flexibility index (Phi) is 4.05. The molecule has 0 amide bonds. The molecule has 0 aliphatic heterocycles. The zero-order valence-electron chi connectivity index (χ0n) is 9.01. The van der Waals surface area contributed by atoms with Crippen molar-refractivity contribution in [3.8, 4) is 11.8 Å². The average Bonchev–Trinajstić information content (AvgIpc) is 2.27. The van der Waals surface area contributed by atoms with Gasteiger partial charge in [-0.15, -0.1) is 0 Å². The molecular weight excluding hydrogens is 240 g/mol. The molecule has 0 unspecified atom stereocenters. The first-order valence-corrected chi connectivity index (χ1v) is 4.73. The maximum Gasteiger partial charge on any atom is 0.336 e. The number of carboxylic acid groups (broad SMARTS) is 3. The highest BCUT2D eigenvalue weighted by molar-refractivity contribution is 5.94. The van der Waals surface area contributed by atoms with Crippen LogP contribution in [0, 0.1) is 11.8 Å². The number of carbonyl (C=O) groups is 3. The van der Waals surface area contributed by atoms with E-state index in [1.165, 1.54) is 0 Å². The van der Waals surface area contributed by atoms with Gasteiger partial charge in [-0.2, -0.15) is 0 Å². The van der Waals surface area contributed by atoms with E-state index in [9.17, 15) is 14.4 Å². The number of hydrogen-bond donors (Lipinski definition) is 3. The molecule has 0 aromatic heterocycles. The molecule has 0 spiro atoms. The van der Waals surface area contributed by atoms with Crippen LogP contribution in [0.1, 0.15) is 32.7 Å². The van der Waals surface area contributed by atoms with Crippen molar-refractivity contribution in [1.29, 1.82) is 0 Å². The molecule has 1 aromatic carbocycles. The van der Waals surface area contributed by atoms with Crippen LogP contribution in [0.5, 0.6) is 0 Å². The van der Waals surface area contributed by atoms with Crippen LogP contribution in [0.25, 0.3) is 0 Å². The zero-order chi connectivity index (χ0) is 13.7. The van der Waals surface area contributed by atoms with Gasteiger partial charge < -0.3 is 15.3 Å². The highest BCUT2D eigenvalue weighted by Crippen LogP contribution is 2.11. The minimum absolute atomic E-state index is 0.0244. The molecule has 3 N–H and O–H groups in total. The summed E-state index contributed by atoms with van der Waals surface area (Å²) in [6.45, 7) is 0. The normalized spacial score (nSPS) is 9.11. The molecule has 18 heavy (non-hydrogen) atoms. The Bertz CT molecular complexity index is 576. The summed E-state index contributed by atoms with van der Waals surface area (Å²) in [4.78, 5) is 31.9. The smallest absolute Gasteiger partial charge is 0.336 e. The van der Waals surface area contributed by atoms with E-state index in [4.69, 9.17) is 15.3 Å². The van der Waals surface area contributed by atoms with Gasteiger partial charge in [-0.25, -0.2) is 9.59 Å². The van der Waals surface area contributed by atoms with Gasteiger partial charge in [-0.1, -0.05) is 11.8 Å². The van der Waals surface area contributed by atoms with Crippen molar-refractivity contribution < 1.29 is 29.7 Å². The van der Waals surface area contributed by atoms with Gasteiger partial charge in [0.1, 0.15) is 6.42 Å². The molecular formula is C12H8O6. The monoisotopic (exact) mass is 248 g/mol. The van der Waals surface area contributed by atoms with Gasteiger partial charge in [0, 0.05) is 5.56 Å². The second-order valence-corrected chi connectivity index (χ2v) is 3.24. The maximum absolute atomic E-state index is 10.9. The van der Waals surface area contributed by atoms with Gasteiger partial charge in [0.2, 0.25) is 0 Å². The van der Waals surface area contributed by atoms with Crippen LogP contribution in [0.2, 0.25) is 0 Å². The zero-order valence-corrected chi connectivity index (χ0v) is 9.01. The number of benzene rings is 1. The maximum atomic E-state index is 10.9. The molecule has 0 atom stereocenters. The first kappa shape index (κ1) is 13.3. The predicted molar refractivity (Wildman–Crippen MR) is 59.5 cm³/mol. The van der Waals surface area contributed by atoms with E-state index in [2.05, 4.69) is 11.8 Å². The Morgan fingerprint density at radius 2 is 1.72 bits per heavy atom. The van der Waals surface area contributed by atoms with Crippen LogP contribution in [0.4, 0.5) is 0 Å². The molecule has 0 saturated carbocycles. The Morgan fingerprint density at radius 3 is 2.22 bits per heavy atom. The third-order valence-electron chi connectivity index (χ3n) is 1.96. The topological polar surface area (TPSA) is 112 Å². The Hall–Kier alpha value is -2.81. The quantitative estimate of drug-likeness (QED) is 0.685. The van der Waals surface area contributed by atoms with Crippen molar-refractivity contribution >= 4 is 17.9 Å². The van der Waals surface area contributed by atoms with Crippen LogP contribution >= 0.6 is 0 Å². The fourth-order valence-electron chi connectivity index (χ4n) is 1.18. The molecule has 0 aliphatic carbocycles. The molecule has 0 heterocycles. The summed E-state index contributed by atoms with van der Waals surface area (Å²) < 4.78 is 0. The summed E-state index contributed by atoms with van der Waals surface area (Å²) in [6, 6.07) is 3.37. The van der Waals surface area contributed by atoms with Crippen molar-refractivity contribution in [3.05, 3.63) is 34.9 Å². The highest BCUT2D eigenvalue weighted by Gasteiger charge is 2.11. The minimum atomic E-state index is -1.26.